The van der Waals surface area contributed by atoms with Crippen LogP contribution in [0.5, 0.6) is 0 Å². The zero-order valence-corrected chi connectivity index (χ0v) is 18.7. The van der Waals surface area contributed by atoms with Gasteiger partial charge in [0.1, 0.15) is 5.76 Å². The highest BCUT2D eigenvalue weighted by atomic mass is 32.2. The summed E-state index contributed by atoms with van der Waals surface area (Å²) in [6, 6.07) is 13.1. The summed E-state index contributed by atoms with van der Waals surface area (Å²) in [6.45, 7) is 2.45. The number of aliphatic imine (C=N–C) groups is 1. The largest absolute Gasteiger partial charge is 0.468 e. The number of hydrogen-bond acceptors (Lipinski definition) is 4. The normalized spacial score (nSPS) is 20.1. The molecule has 1 heterocycles. The minimum atomic E-state index is 0.516. The van der Waals surface area contributed by atoms with Crippen molar-refractivity contribution >= 4 is 17.7 Å². The van der Waals surface area contributed by atoms with Gasteiger partial charge < -0.3 is 15.1 Å². The molecule has 0 aliphatic heterocycles. The lowest BCUT2D eigenvalue weighted by Gasteiger charge is -2.30. The molecular formula is C23H34N4OS. The quantitative estimate of drug-likeness (QED) is 0.500. The summed E-state index contributed by atoms with van der Waals surface area (Å²) in [5.41, 5.74) is 2.62. The summed E-state index contributed by atoms with van der Waals surface area (Å²) in [5, 5.41) is 7.92. The van der Waals surface area contributed by atoms with Crippen molar-refractivity contribution in [1.29, 1.82) is 0 Å². The minimum absolute atomic E-state index is 0.516. The van der Waals surface area contributed by atoms with Gasteiger partial charge in [-0.05, 0) is 55.8 Å². The van der Waals surface area contributed by atoms with Crippen LogP contribution in [-0.4, -0.2) is 42.5 Å². The second-order valence-electron chi connectivity index (χ2n) is 7.81. The van der Waals surface area contributed by atoms with E-state index in [2.05, 4.69) is 58.1 Å². The van der Waals surface area contributed by atoms with Crippen LogP contribution in [0, 0.1) is 0 Å². The Labute approximate surface area is 179 Å². The fraction of sp³-hybridized carbons (Fsp3) is 0.522. The Bertz CT molecular complexity index is 762. The molecule has 1 aliphatic rings. The first kappa shape index (κ1) is 21.8. The van der Waals surface area contributed by atoms with E-state index in [-0.39, 0.29) is 0 Å². The number of furan rings is 1. The summed E-state index contributed by atoms with van der Waals surface area (Å²) < 4.78 is 5.47. The highest BCUT2D eigenvalue weighted by molar-refractivity contribution is 7.99. The molecule has 0 saturated heterocycles. The summed E-state index contributed by atoms with van der Waals surface area (Å²) in [4.78, 5) is 6.73. The lowest BCUT2D eigenvalue weighted by atomic mass is 9.95. The highest BCUT2D eigenvalue weighted by Crippen LogP contribution is 2.26. The second-order valence-corrected chi connectivity index (χ2v) is 8.95. The maximum absolute atomic E-state index is 5.47. The van der Waals surface area contributed by atoms with Gasteiger partial charge in [-0.25, -0.2) is 0 Å². The number of thioether (sulfide) groups is 1. The Morgan fingerprint density at radius 3 is 2.72 bits per heavy atom. The first-order valence-electron chi connectivity index (χ1n) is 10.5. The van der Waals surface area contributed by atoms with Crippen molar-refractivity contribution in [3.8, 4) is 0 Å². The molecule has 2 unspecified atom stereocenters. The van der Waals surface area contributed by atoms with Crippen molar-refractivity contribution in [3.05, 3.63) is 59.5 Å². The summed E-state index contributed by atoms with van der Waals surface area (Å²) in [7, 11) is 3.98. The minimum Gasteiger partial charge on any atom is -0.468 e. The molecule has 0 radical (unpaired) electrons. The van der Waals surface area contributed by atoms with Crippen molar-refractivity contribution < 1.29 is 4.42 Å². The fourth-order valence-corrected chi connectivity index (χ4v) is 4.78. The van der Waals surface area contributed by atoms with E-state index in [0.29, 0.717) is 6.04 Å². The van der Waals surface area contributed by atoms with Gasteiger partial charge in [0.2, 0.25) is 0 Å². The van der Waals surface area contributed by atoms with Gasteiger partial charge in [-0.15, -0.1) is 0 Å². The molecule has 0 spiro atoms. The number of rotatable bonds is 8. The lowest BCUT2D eigenvalue weighted by Crippen LogP contribution is -2.45. The van der Waals surface area contributed by atoms with Gasteiger partial charge in [0.25, 0.3) is 0 Å². The van der Waals surface area contributed by atoms with E-state index in [1.54, 1.807) is 6.26 Å². The van der Waals surface area contributed by atoms with Crippen LogP contribution < -0.4 is 10.6 Å². The highest BCUT2D eigenvalue weighted by Gasteiger charge is 2.22. The molecular weight excluding hydrogens is 380 g/mol. The van der Waals surface area contributed by atoms with E-state index >= 15 is 0 Å². The van der Waals surface area contributed by atoms with Crippen LogP contribution in [0.1, 0.15) is 42.6 Å². The van der Waals surface area contributed by atoms with Crippen molar-refractivity contribution in [2.45, 2.75) is 56.6 Å². The average molecular weight is 415 g/mol. The van der Waals surface area contributed by atoms with Crippen molar-refractivity contribution in [2.24, 2.45) is 4.99 Å². The monoisotopic (exact) mass is 414 g/mol. The predicted octanol–water partition coefficient (Wildman–Crippen LogP) is 4.25. The Morgan fingerprint density at radius 1 is 1.17 bits per heavy atom. The number of guanidine groups is 1. The standard InChI is InChI=1S/C23H34N4OS/c1-24-23(26-20-10-6-12-22(14-20)29-3)25-15-18-8-4-5-9-19(18)16-27(2)17-21-11-7-13-28-21/h4-5,7-9,11,13,20,22H,6,10,12,14-17H2,1-3H3,(H2,24,25,26). The molecule has 1 aliphatic carbocycles. The van der Waals surface area contributed by atoms with E-state index in [0.717, 1.165) is 36.6 Å². The van der Waals surface area contributed by atoms with E-state index in [1.165, 1.54) is 36.8 Å². The van der Waals surface area contributed by atoms with Gasteiger partial charge in [0.15, 0.2) is 5.96 Å². The molecule has 2 atom stereocenters. The second kappa shape index (κ2) is 11.3. The molecule has 158 valence electrons. The summed E-state index contributed by atoms with van der Waals surface area (Å²) >= 11 is 1.99. The lowest BCUT2D eigenvalue weighted by molar-refractivity contribution is 0.287. The molecule has 2 aromatic rings. The van der Waals surface area contributed by atoms with Gasteiger partial charge in [-0.1, -0.05) is 30.7 Å². The van der Waals surface area contributed by atoms with Crippen LogP contribution >= 0.6 is 11.8 Å². The maximum atomic E-state index is 5.47. The number of benzene rings is 1. The average Bonchev–Trinajstić information content (AvgIpc) is 3.25. The molecule has 29 heavy (non-hydrogen) atoms. The number of nitrogens with one attached hydrogen (secondary N) is 2. The Morgan fingerprint density at radius 2 is 2.00 bits per heavy atom. The fourth-order valence-electron chi connectivity index (χ4n) is 3.96. The SMILES string of the molecule is CN=C(NCc1ccccc1CN(C)Cc1ccco1)NC1CCCC(SC)C1. The van der Waals surface area contributed by atoms with E-state index in [1.807, 2.05) is 30.9 Å². The van der Waals surface area contributed by atoms with Crippen molar-refractivity contribution in [1.82, 2.24) is 15.5 Å². The predicted molar refractivity (Wildman–Crippen MR) is 123 cm³/mol. The maximum Gasteiger partial charge on any atom is 0.191 e. The molecule has 0 bridgehead atoms. The number of nitrogens with zero attached hydrogens (tertiary/aromatic N) is 2. The Hall–Kier alpha value is -1.92. The van der Waals surface area contributed by atoms with Gasteiger partial charge in [-0.3, -0.25) is 9.89 Å². The molecule has 1 fully saturated rings. The Kier molecular flexibility index (Phi) is 8.50. The van der Waals surface area contributed by atoms with Crippen LogP contribution in [0.15, 0.2) is 52.1 Å². The summed E-state index contributed by atoms with van der Waals surface area (Å²) in [6.07, 6.45) is 9.03. The summed E-state index contributed by atoms with van der Waals surface area (Å²) in [5.74, 6) is 1.89. The molecule has 0 amide bonds. The van der Waals surface area contributed by atoms with Gasteiger partial charge in [-0.2, -0.15) is 11.8 Å². The molecule has 6 heteroatoms. The van der Waals surface area contributed by atoms with Crippen LogP contribution in [0.4, 0.5) is 0 Å². The molecule has 1 aromatic carbocycles. The molecule has 1 saturated carbocycles. The van der Waals surface area contributed by atoms with E-state index < -0.39 is 0 Å². The third kappa shape index (κ3) is 6.82. The van der Waals surface area contributed by atoms with Crippen LogP contribution in [0.3, 0.4) is 0 Å². The molecule has 5 nitrogen and oxygen atoms in total. The third-order valence-electron chi connectivity index (χ3n) is 5.53. The van der Waals surface area contributed by atoms with Crippen LogP contribution in [-0.2, 0) is 19.6 Å². The third-order valence-corrected chi connectivity index (χ3v) is 6.63. The van der Waals surface area contributed by atoms with Gasteiger partial charge >= 0.3 is 0 Å². The van der Waals surface area contributed by atoms with E-state index in [9.17, 15) is 0 Å². The molecule has 1 aromatic heterocycles. The van der Waals surface area contributed by atoms with Gasteiger partial charge in [0.05, 0.1) is 12.8 Å². The molecule has 2 N–H and O–H groups in total. The van der Waals surface area contributed by atoms with Crippen LogP contribution in [0.25, 0.3) is 0 Å². The zero-order valence-electron chi connectivity index (χ0n) is 17.9. The van der Waals surface area contributed by atoms with Crippen molar-refractivity contribution in [2.75, 3.05) is 20.4 Å². The first-order valence-corrected chi connectivity index (χ1v) is 11.7. The first-order chi connectivity index (χ1) is 14.2. The number of hydrogen-bond donors (Lipinski definition) is 2. The smallest absolute Gasteiger partial charge is 0.191 e. The van der Waals surface area contributed by atoms with Gasteiger partial charge in [0, 0.05) is 31.4 Å². The molecule has 3 rings (SSSR count). The van der Waals surface area contributed by atoms with E-state index in [4.69, 9.17) is 4.42 Å². The van der Waals surface area contributed by atoms with Crippen molar-refractivity contribution in [3.63, 3.8) is 0 Å². The van der Waals surface area contributed by atoms with Crippen LogP contribution in [0.2, 0.25) is 0 Å². The zero-order chi connectivity index (χ0) is 20.5. The topological polar surface area (TPSA) is 52.8 Å². The Balaban J connectivity index is 1.54.